The predicted octanol–water partition coefficient (Wildman–Crippen LogP) is 7.29. The number of benzene rings is 5. The zero-order valence-corrected chi connectivity index (χ0v) is 25.0. The molecule has 2 radical (unpaired) electrons. The Bertz CT molecular complexity index is 2490. The zero-order chi connectivity index (χ0) is 34.1. The number of halogens is 6. The van der Waals surface area contributed by atoms with Gasteiger partial charge in [-0.15, -0.1) is 0 Å². The smallest absolute Gasteiger partial charge is 0.238 e. The van der Waals surface area contributed by atoms with Crippen LogP contribution in [0.5, 0.6) is 5.75 Å². The Morgan fingerprint density at radius 3 is 2.02 bits per heavy atom. The molecule has 5 aromatic carbocycles. The van der Waals surface area contributed by atoms with Crippen LogP contribution in [0.3, 0.4) is 0 Å². The van der Waals surface area contributed by atoms with Gasteiger partial charge in [-0.1, -0.05) is 36.4 Å². The molecule has 2 aliphatic rings. The minimum atomic E-state index is -1.23. The average molecular weight is 664 g/mol. The molecule has 49 heavy (non-hydrogen) atoms. The zero-order valence-electron chi connectivity index (χ0n) is 25.0. The van der Waals surface area contributed by atoms with Crippen LogP contribution in [0.25, 0.3) is 21.5 Å². The van der Waals surface area contributed by atoms with Crippen LogP contribution in [0.4, 0.5) is 38.0 Å². The highest BCUT2D eigenvalue weighted by atomic mass is 19.2. The second kappa shape index (κ2) is 11.3. The molecule has 14 heteroatoms. The summed E-state index contributed by atoms with van der Waals surface area (Å²) >= 11 is 0. The van der Waals surface area contributed by atoms with E-state index in [1.165, 1.54) is 0 Å². The topological polar surface area (TPSA) is 80.5 Å². The quantitative estimate of drug-likeness (QED) is 0.155. The van der Waals surface area contributed by atoms with E-state index in [9.17, 15) is 26.3 Å². The fourth-order valence-corrected chi connectivity index (χ4v) is 6.05. The van der Waals surface area contributed by atoms with Crippen LogP contribution in [0, 0.1) is 34.9 Å². The van der Waals surface area contributed by atoms with E-state index in [0.717, 1.165) is 51.6 Å². The molecule has 240 valence electrons. The Kier molecular flexibility index (Phi) is 6.98. The van der Waals surface area contributed by atoms with E-state index < -0.39 is 34.9 Å². The lowest BCUT2D eigenvalue weighted by Gasteiger charge is -2.20. The number of ether oxygens (including phenoxy) is 1. The molecule has 8 rings (SSSR count). The van der Waals surface area contributed by atoms with E-state index in [1.54, 1.807) is 11.0 Å². The molecular formula is C35H19BF6N6O. The molecule has 0 saturated heterocycles. The van der Waals surface area contributed by atoms with Crippen molar-refractivity contribution in [3.63, 3.8) is 0 Å². The molecule has 3 heterocycles. The van der Waals surface area contributed by atoms with Gasteiger partial charge in [0.25, 0.3) is 0 Å². The van der Waals surface area contributed by atoms with Gasteiger partial charge in [-0.3, -0.25) is 0 Å². The van der Waals surface area contributed by atoms with Crippen molar-refractivity contribution in [1.29, 1.82) is 0 Å². The van der Waals surface area contributed by atoms with E-state index in [0.29, 0.717) is 11.3 Å². The first-order chi connectivity index (χ1) is 23.6. The normalized spacial score (nSPS) is 15.5. The molecule has 2 aliphatic heterocycles. The minimum absolute atomic E-state index is 0.000311. The van der Waals surface area contributed by atoms with Crippen molar-refractivity contribution in [3.8, 4) is 5.75 Å². The van der Waals surface area contributed by atoms with E-state index in [-0.39, 0.29) is 69.9 Å². The highest BCUT2D eigenvalue weighted by Gasteiger charge is 2.30. The second-order valence-electron chi connectivity index (χ2n) is 11.4. The van der Waals surface area contributed by atoms with Gasteiger partial charge in [0.2, 0.25) is 7.98 Å². The lowest BCUT2D eigenvalue weighted by Crippen LogP contribution is -2.29. The summed E-state index contributed by atoms with van der Waals surface area (Å²) in [5.74, 6) is -6.98. The van der Waals surface area contributed by atoms with Crippen LogP contribution in [-0.2, 0) is 6.54 Å². The van der Waals surface area contributed by atoms with E-state index in [4.69, 9.17) is 18.5 Å². The molecule has 7 nitrogen and oxygen atoms in total. The maximum atomic E-state index is 14.7. The predicted molar refractivity (Wildman–Crippen MR) is 174 cm³/mol. The third-order valence-corrected chi connectivity index (χ3v) is 8.40. The largest absolute Gasteiger partial charge is 0.472 e. The molecule has 0 saturated carbocycles. The first-order valence-electron chi connectivity index (χ1n) is 14.7. The molecule has 0 atom stereocenters. The Hall–Kier alpha value is -6.05. The number of nitrogens with two attached hydrogens (primary N) is 1. The summed E-state index contributed by atoms with van der Waals surface area (Å²) in [4.78, 5) is 14.8. The maximum absolute atomic E-state index is 14.7. The van der Waals surface area contributed by atoms with Gasteiger partial charge in [0.1, 0.15) is 29.1 Å². The van der Waals surface area contributed by atoms with Gasteiger partial charge in [-0.05, 0) is 53.4 Å². The van der Waals surface area contributed by atoms with Crippen LogP contribution < -0.4 is 10.5 Å². The molecule has 0 bridgehead atoms. The summed E-state index contributed by atoms with van der Waals surface area (Å²) < 4.78 is 93.6. The van der Waals surface area contributed by atoms with Gasteiger partial charge in [0.15, 0.2) is 47.5 Å². The van der Waals surface area contributed by atoms with Crippen molar-refractivity contribution in [2.24, 2.45) is 20.7 Å². The van der Waals surface area contributed by atoms with Crippen molar-refractivity contribution in [1.82, 2.24) is 9.38 Å². The second-order valence-corrected chi connectivity index (χ2v) is 11.4. The monoisotopic (exact) mass is 664 g/mol. The van der Waals surface area contributed by atoms with Crippen LogP contribution in [0.2, 0.25) is 0 Å². The highest BCUT2D eigenvalue weighted by molar-refractivity contribution is 6.24. The van der Waals surface area contributed by atoms with Crippen molar-refractivity contribution in [2.45, 2.75) is 6.54 Å². The summed E-state index contributed by atoms with van der Waals surface area (Å²) in [6.07, 6.45) is 0. The van der Waals surface area contributed by atoms with Gasteiger partial charge in [-0.2, -0.15) is 0 Å². The third kappa shape index (κ3) is 4.98. The fourth-order valence-electron chi connectivity index (χ4n) is 6.05. The lowest BCUT2D eigenvalue weighted by molar-refractivity contribution is 0.194. The summed E-state index contributed by atoms with van der Waals surface area (Å²) in [5, 5.41) is 1.75. The lowest BCUT2D eigenvalue weighted by atomic mass is 10.1. The highest BCUT2D eigenvalue weighted by Crippen LogP contribution is 2.40. The first kappa shape index (κ1) is 30.3. The Balaban J connectivity index is 1.28. The van der Waals surface area contributed by atoms with Gasteiger partial charge in [0, 0.05) is 39.4 Å². The molecular weight excluding hydrogens is 645 g/mol. The van der Waals surface area contributed by atoms with Gasteiger partial charge in [0.05, 0.1) is 0 Å². The van der Waals surface area contributed by atoms with Gasteiger partial charge >= 0.3 is 0 Å². The Morgan fingerprint density at radius 1 is 0.694 bits per heavy atom. The van der Waals surface area contributed by atoms with Crippen molar-refractivity contribution >= 4 is 58.7 Å². The number of rotatable bonds is 5. The van der Waals surface area contributed by atoms with Gasteiger partial charge in [-0.25, -0.2) is 41.3 Å². The van der Waals surface area contributed by atoms with Gasteiger partial charge < -0.3 is 19.8 Å². The van der Waals surface area contributed by atoms with Crippen molar-refractivity contribution in [2.75, 3.05) is 6.73 Å². The van der Waals surface area contributed by atoms with Crippen LogP contribution >= 0.6 is 0 Å². The molecule has 0 fully saturated rings. The van der Waals surface area contributed by atoms with E-state index in [1.807, 2.05) is 36.4 Å². The summed E-state index contributed by atoms with van der Waals surface area (Å²) in [6.45, 7) is -0.0661. The number of nitrogens with zero attached hydrogens (tertiary/aromatic N) is 5. The van der Waals surface area contributed by atoms with Crippen LogP contribution in [0.1, 0.15) is 22.3 Å². The van der Waals surface area contributed by atoms with Crippen LogP contribution in [0.15, 0.2) is 93.8 Å². The van der Waals surface area contributed by atoms with Crippen molar-refractivity contribution < 1.29 is 31.1 Å². The summed E-state index contributed by atoms with van der Waals surface area (Å²) in [5.41, 5.74) is 6.66. The molecule has 1 aromatic heterocycles. The fraction of sp³-hybridized carbons (Fsp3) is 0.0571. The third-order valence-electron chi connectivity index (χ3n) is 8.40. The maximum Gasteiger partial charge on any atom is 0.238 e. The molecule has 6 aromatic rings. The standard InChI is InChI=1S/C35H19BF6N6O/c36-48-34(45-32-21-11-27(40)26(39)10-20(21)31(43)44-32)22-12-28(41)29(42)13-23(22)35(48)46-33-19-9-25(38)24(37)8-17(19)14-47(33)15-49-30-7-3-5-16-4-1-2-6-18(16)30/h1-13H,14-15H2,(H2,43,44,45). The molecule has 0 spiro atoms. The number of aliphatic imine (C=N–C) groups is 3. The number of hydrogen-bond donors (Lipinski definition) is 1. The molecule has 2 N–H and O–H groups in total. The number of fused-ring (bicyclic) bond motifs is 4. The number of amidine groups is 3. The molecule has 0 aliphatic carbocycles. The Labute approximate surface area is 274 Å². The average Bonchev–Trinajstić information content (AvgIpc) is 3.65. The van der Waals surface area contributed by atoms with Crippen LogP contribution in [-0.4, -0.2) is 41.6 Å². The number of aromatic nitrogens is 1. The molecule has 0 unspecified atom stereocenters. The van der Waals surface area contributed by atoms with Crippen molar-refractivity contribution in [3.05, 3.63) is 136 Å². The summed E-state index contributed by atoms with van der Waals surface area (Å²) in [7, 11) is 6.49. The Morgan fingerprint density at radius 2 is 1.29 bits per heavy atom. The van der Waals surface area contributed by atoms with E-state index >= 15 is 0 Å². The molecule has 0 amide bonds. The first-order valence-corrected chi connectivity index (χ1v) is 14.7. The van der Waals surface area contributed by atoms with E-state index in [2.05, 4.69) is 15.0 Å². The number of hydrogen-bond acceptors (Lipinski definition) is 4. The minimum Gasteiger partial charge on any atom is -0.472 e. The SMILES string of the molecule is [B]n1c(N=C2N=C(N)c3cc(F)c(F)cc32)c2cc(F)c(F)cc2c1N=C1c2cc(F)c(F)cc2CN1COc1cccc2ccccc12. The summed E-state index contributed by atoms with van der Waals surface area (Å²) in [6, 6.07) is 18.6.